The van der Waals surface area contributed by atoms with Crippen LogP contribution in [0.25, 0.3) is 0 Å². The first-order valence-electron chi connectivity index (χ1n) is 24.8. The van der Waals surface area contributed by atoms with Gasteiger partial charge in [0.05, 0.1) is 12.2 Å². The molecule has 0 unspecified atom stereocenters. The average Bonchev–Trinajstić information content (AvgIpc) is 3.55. The predicted molar refractivity (Wildman–Crippen MR) is 265 cm³/mol. The van der Waals surface area contributed by atoms with Crippen LogP contribution in [0.15, 0.2) is 109 Å². The van der Waals surface area contributed by atoms with Gasteiger partial charge in [-0.15, -0.1) is 0 Å². The van der Waals surface area contributed by atoms with Gasteiger partial charge in [0.15, 0.2) is 22.8 Å². The lowest BCUT2D eigenvalue weighted by Gasteiger charge is -2.63. The molecule has 4 fully saturated rings. The van der Waals surface area contributed by atoms with E-state index in [0.717, 1.165) is 50.5 Å². The van der Waals surface area contributed by atoms with Crippen molar-refractivity contribution in [2.24, 2.45) is 28.6 Å². The van der Waals surface area contributed by atoms with Crippen LogP contribution < -0.4 is 0 Å². The maximum absolute atomic E-state index is 17.2. The molecule has 12 heteroatoms. The fraction of sp³-hybridized carbons (Fsp3) is 0.544. The number of thioether (sulfide) groups is 1. The highest BCUT2D eigenvalue weighted by Gasteiger charge is 2.78. The minimum Gasteiger partial charge on any atom is -0.449 e. The summed E-state index contributed by atoms with van der Waals surface area (Å²) >= 11 is 0.396. The third kappa shape index (κ3) is 10.1. The molecule has 4 aliphatic carbocycles. The Morgan fingerprint density at radius 1 is 0.913 bits per heavy atom. The zero-order valence-corrected chi connectivity index (χ0v) is 42.0. The highest BCUT2D eigenvalue weighted by Crippen LogP contribution is 2.72. The molecule has 3 aromatic rings. The van der Waals surface area contributed by atoms with Gasteiger partial charge in [-0.1, -0.05) is 133 Å². The normalized spacial score (nSPS) is 31.2. The number of fused-ring (bicyclic) bond motifs is 5. The van der Waals surface area contributed by atoms with Crippen LogP contribution in [0.5, 0.6) is 0 Å². The topological polar surface area (TPSA) is 110 Å². The Kier molecular flexibility index (Phi) is 16.1. The molecule has 1 aliphatic heterocycles. The monoisotopic (exact) mass is 969 g/mol. The maximum Gasteiger partial charge on any atom is 0.306 e. The largest absolute Gasteiger partial charge is 0.449 e. The molecule has 0 bridgehead atoms. The van der Waals surface area contributed by atoms with Crippen LogP contribution >= 0.6 is 11.8 Å². The number of nitrogens with zero attached hydrogens (tertiary/aromatic N) is 1. The number of Topliss-reactive ketones (excluding diaryl/α,β-unsaturated/α-hetero) is 1. The number of carbonyl (C=O) groups excluding carboxylic acids is 4. The molecule has 1 N–H and O–H groups in total. The molecular weight excluding hydrogens is 900 g/mol. The second-order valence-electron chi connectivity index (χ2n) is 21.3. The lowest BCUT2D eigenvalue weighted by molar-refractivity contribution is -0.228. The molecule has 8 nitrogen and oxygen atoms in total. The van der Waals surface area contributed by atoms with Gasteiger partial charge in [0.25, 0.3) is 0 Å². The van der Waals surface area contributed by atoms with E-state index >= 15 is 8.78 Å². The molecule has 0 aromatic heterocycles. The number of alkyl halides is 3. The lowest BCUT2D eigenvalue weighted by atomic mass is 9.44. The average molecular weight is 970 g/mol. The van der Waals surface area contributed by atoms with Crippen LogP contribution in [-0.4, -0.2) is 87.9 Å². The number of ketones is 2. The molecule has 8 rings (SSSR count). The van der Waals surface area contributed by atoms with Crippen molar-refractivity contribution in [1.82, 2.24) is 4.90 Å². The molecule has 0 spiro atoms. The first-order valence-corrected chi connectivity index (χ1v) is 25.7. The van der Waals surface area contributed by atoms with Crippen molar-refractivity contribution in [1.29, 1.82) is 0 Å². The molecule has 9 atom stereocenters. The fourth-order valence-corrected chi connectivity index (χ4v) is 13.2. The second-order valence-corrected chi connectivity index (χ2v) is 22.2. The number of rotatable bonds is 13. The highest BCUT2D eigenvalue weighted by molar-refractivity contribution is 8.13. The quantitative estimate of drug-likeness (QED) is 0.132. The van der Waals surface area contributed by atoms with E-state index in [0.29, 0.717) is 18.2 Å². The molecule has 1 heterocycles. The summed E-state index contributed by atoms with van der Waals surface area (Å²) in [5.41, 5.74) is -2.23. The zero-order chi connectivity index (χ0) is 49.9. The van der Waals surface area contributed by atoms with Crippen LogP contribution in [0.4, 0.5) is 13.2 Å². The molecule has 69 heavy (non-hydrogen) atoms. The standard InChI is InChI=1S/C32H39NO2.C25H31F3O5S/c1-32(2,3)28-18-16-25(17-19-28)30(34)15-10-22-33-23-20-29(21-24-33)35-31(26-11-6-4-7-12-26)27-13-8-5-9-14-27;1-5-20(31)33-25(21(32)34-12-26)13(2)8-15-16-10-18(27)17-9-14(29)6-7-22(17,3)24(16,28)19(30)11-23(15,25)4/h4-9,11-14,16-19,29,31H,10,15,20-24H2,1-3H3;6-7,9,13,15-16,18-19,30H,5,8,10-12H2,1-4H3/t;13-,15+,16+,18+,19+,22+,23+,24+,25+/m.1/s1. The number of halogens is 3. The Balaban J connectivity index is 0.000000204. The van der Waals surface area contributed by atoms with Crippen molar-refractivity contribution in [3.05, 3.63) is 131 Å². The number of hydrogen-bond donors (Lipinski definition) is 1. The van der Waals surface area contributed by atoms with E-state index in [1.54, 1.807) is 20.8 Å². The van der Waals surface area contributed by atoms with E-state index in [9.17, 15) is 28.7 Å². The van der Waals surface area contributed by atoms with Crippen molar-refractivity contribution in [3.63, 3.8) is 0 Å². The van der Waals surface area contributed by atoms with E-state index in [2.05, 4.69) is 98.5 Å². The molecular formula is C57H70F3NO7S. The number of likely N-dealkylation sites (tertiary alicyclic amines) is 1. The first kappa shape index (κ1) is 52.5. The van der Waals surface area contributed by atoms with Gasteiger partial charge >= 0.3 is 5.97 Å². The molecule has 3 saturated carbocycles. The van der Waals surface area contributed by atoms with Crippen molar-refractivity contribution in [3.8, 4) is 0 Å². The number of benzene rings is 3. The first-order chi connectivity index (χ1) is 32.7. The van der Waals surface area contributed by atoms with Gasteiger partial charge in [-0.05, 0) is 110 Å². The van der Waals surface area contributed by atoms with E-state index in [1.165, 1.54) is 35.8 Å². The van der Waals surface area contributed by atoms with Crippen molar-refractivity contribution < 1.29 is 46.9 Å². The minimum atomic E-state index is -2.30. The highest BCUT2D eigenvalue weighted by atomic mass is 32.2. The number of piperidine rings is 1. The third-order valence-corrected chi connectivity index (χ3v) is 16.9. The van der Waals surface area contributed by atoms with Gasteiger partial charge in [0.1, 0.15) is 18.3 Å². The Labute approximate surface area is 410 Å². The summed E-state index contributed by atoms with van der Waals surface area (Å²) in [4.78, 5) is 52.9. The number of esters is 1. The Morgan fingerprint density at radius 2 is 1.52 bits per heavy atom. The van der Waals surface area contributed by atoms with Crippen molar-refractivity contribution >= 4 is 34.4 Å². The minimum absolute atomic E-state index is 0.0141. The summed E-state index contributed by atoms with van der Waals surface area (Å²) in [5, 5.41) is 10.7. The number of aliphatic hydroxyl groups is 1. The number of aliphatic hydroxyl groups excluding tert-OH is 1. The maximum atomic E-state index is 17.2. The van der Waals surface area contributed by atoms with Crippen LogP contribution in [-0.2, 0) is 29.3 Å². The number of carbonyl (C=O) groups is 4. The number of ether oxygens (including phenoxy) is 2. The SMILES string of the molecule is CC(C)(C)c1ccc(C(=O)CCCN2CCC(OC(c3ccccc3)c3ccccc3)CC2)cc1.CCC(=O)O[C@]1(C(=O)SCF)[C@H](C)C[C@H]2[C@@H]3C[C@H](F)C4=CC(=O)C=C[C@]4(C)[C@@]3(F)[C@@H](O)C[C@@]21C. The summed E-state index contributed by atoms with van der Waals surface area (Å²) in [6.45, 7) is 16.1. The fourth-order valence-electron chi connectivity index (χ4n) is 12.5. The van der Waals surface area contributed by atoms with E-state index in [-0.39, 0.29) is 54.7 Å². The molecule has 5 aliphatic rings. The van der Waals surface area contributed by atoms with E-state index in [1.807, 2.05) is 12.1 Å². The molecule has 372 valence electrons. The van der Waals surface area contributed by atoms with Gasteiger partial charge < -0.3 is 19.5 Å². The summed E-state index contributed by atoms with van der Waals surface area (Å²) in [7, 11) is 0. The predicted octanol–water partition coefficient (Wildman–Crippen LogP) is 11.6. The molecule has 0 radical (unpaired) electrons. The van der Waals surface area contributed by atoms with Crippen LogP contribution in [0.3, 0.4) is 0 Å². The van der Waals surface area contributed by atoms with Crippen LogP contribution in [0.2, 0.25) is 0 Å². The van der Waals surface area contributed by atoms with E-state index < -0.39 is 75.0 Å². The molecule has 3 aromatic carbocycles. The summed E-state index contributed by atoms with van der Waals surface area (Å²) < 4.78 is 58.5. The van der Waals surface area contributed by atoms with Gasteiger partial charge in [-0.2, -0.15) is 0 Å². The van der Waals surface area contributed by atoms with Gasteiger partial charge in [0.2, 0.25) is 5.12 Å². The summed E-state index contributed by atoms with van der Waals surface area (Å²) in [6.07, 6.45) is 3.94. The number of allylic oxidation sites excluding steroid dienone is 4. The Hall–Kier alpha value is -4.36. The Morgan fingerprint density at radius 3 is 2.09 bits per heavy atom. The zero-order valence-electron chi connectivity index (χ0n) is 41.2. The second kappa shape index (κ2) is 21.2. The van der Waals surface area contributed by atoms with E-state index in [4.69, 9.17) is 9.47 Å². The number of hydrogen-bond acceptors (Lipinski definition) is 9. The van der Waals surface area contributed by atoms with Gasteiger partial charge in [0, 0.05) is 54.2 Å². The summed E-state index contributed by atoms with van der Waals surface area (Å²) in [6, 6.07) is 28.2. The molecule has 0 amide bonds. The van der Waals surface area contributed by atoms with Crippen LogP contribution in [0, 0.1) is 28.6 Å². The summed E-state index contributed by atoms with van der Waals surface area (Å²) in [5.74, 6) is -3.05. The Bertz CT molecular complexity index is 2330. The van der Waals surface area contributed by atoms with Crippen molar-refractivity contribution in [2.75, 3.05) is 25.6 Å². The molecule has 1 saturated heterocycles. The van der Waals surface area contributed by atoms with Gasteiger partial charge in [-0.25, -0.2) is 13.2 Å². The van der Waals surface area contributed by atoms with Gasteiger partial charge in [-0.3, -0.25) is 19.2 Å². The van der Waals surface area contributed by atoms with Crippen LogP contribution in [0.1, 0.15) is 133 Å². The smallest absolute Gasteiger partial charge is 0.306 e. The lowest BCUT2D eigenvalue weighted by Crippen LogP contribution is -2.70. The van der Waals surface area contributed by atoms with Crippen molar-refractivity contribution in [2.45, 2.75) is 141 Å². The third-order valence-electron chi connectivity index (χ3n) is 16.2.